The quantitative estimate of drug-likeness (QED) is 0.905. The number of hydrogen-bond donors (Lipinski definition) is 1. The van der Waals surface area contributed by atoms with Crippen LogP contribution < -0.4 is 5.32 Å². The first-order valence-corrected chi connectivity index (χ1v) is 6.70. The monoisotopic (exact) mass is 355 g/mol. The molecule has 3 nitrogen and oxygen atoms in total. The van der Waals surface area contributed by atoms with Crippen LogP contribution in [0, 0.1) is 6.92 Å². The molecule has 0 saturated heterocycles. The number of rotatable bonds is 3. The van der Waals surface area contributed by atoms with Gasteiger partial charge in [0.05, 0.1) is 4.47 Å². The van der Waals surface area contributed by atoms with E-state index in [1.807, 2.05) is 25.3 Å². The van der Waals surface area contributed by atoms with Gasteiger partial charge in [-0.2, -0.15) is 0 Å². The molecule has 88 valence electrons. The molecule has 0 radical (unpaired) electrons. The van der Waals surface area contributed by atoms with Crippen molar-refractivity contribution in [3.05, 3.63) is 50.8 Å². The van der Waals surface area contributed by atoms with Gasteiger partial charge in [-0.05, 0) is 56.5 Å². The Morgan fingerprint density at radius 2 is 2.00 bits per heavy atom. The lowest BCUT2D eigenvalue weighted by Gasteiger charge is -2.07. The molecule has 0 unspecified atom stereocenters. The average molecular weight is 357 g/mol. The highest BCUT2D eigenvalue weighted by atomic mass is 79.9. The van der Waals surface area contributed by atoms with Crippen LogP contribution in [-0.2, 0) is 6.54 Å². The molecule has 0 spiro atoms. The summed E-state index contributed by atoms with van der Waals surface area (Å²) < 4.78 is 1.89. The molecular weight excluding hydrogens is 346 g/mol. The topological polar surface area (TPSA) is 37.8 Å². The molecule has 0 aliphatic carbocycles. The van der Waals surface area contributed by atoms with Crippen LogP contribution in [-0.4, -0.2) is 9.97 Å². The van der Waals surface area contributed by atoms with Gasteiger partial charge < -0.3 is 5.32 Å². The lowest BCUT2D eigenvalue weighted by molar-refractivity contribution is 1.06. The fraction of sp³-hybridized carbons (Fsp3) is 0.167. The van der Waals surface area contributed by atoms with Gasteiger partial charge in [0, 0.05) is 29.1 Å². The lowest BCUT2D eigenvalue weighted by Crippen LogP contribution is -2.02. The highest BCUT2D eigenvalue weighted by Gasteiger charge is 2.02. The summed E-state index contributed by atoms with van der Waals surface area (Å²) in [5.41, 5.74) is 2.16. The predicted octanol–water partition coefficient (Wildman–Crippen LogP) is 3.92. The van der Waals surface area contributed by atoms with Gasteiger partial charge in [0.2, 0.25) is 0 Å². The summed E-state index contributed by atoms with van der Waals surface area (Å²) in [5.74, 6) is 0.828. The maximum Gasteiger partial charge on any atom is 0.140 e. The summed E-state index contributed by atoms with van der Waals surface area (Å²) >= 11 is 6.83. The summed E-state index contributed by atoms with van der Waals surface area (Å²) in [4.78, 5) is 8.53. The Bertz CT molecular complexity index is 512. The second kappa shape index (κ2) is 5.60. The first-order valence-electron chi connectivity index (χ1n) is 5.11. The van der Waals surface area contributed by atoms with Gasteiger partial charge in [0.1, 0.15) is 5.82 Å². The van der Waals surface area contributed by atoms with E-state index < -0.39 is 0 Å². The third kappa shape index (κ3) is 3.51. The third-order valence-corrected chi connectivity index (χ3v) is 3.28. The Kier molecular flexibility index (Phi) is 4.12. The average Bonchev–Trinajstić information content (AvgIpc) is 2.30. The van der Waals surface area contributed by atoms with Crippen LogP contribution in [0.1, 0.15) is 11.3 Å². The number of aryl methyl sites for hydroxylation is 1. The smallest absolute Gasteiger partial charge is 0.140 e. The number of pyridine rings is 2. The zero-order chi connectivity index (χ0) is 12.3. The first-order chi connectivity index (χ1) is 8.15. The molecule has 5 heteroatoms. The molecule has 2 heterocycles. The van der Waals surface area contributed by atoms with E-state index >= 15 is 0 Å². The number of halogens is 2. The maximum absolute atomic E-state index is 4.29. The zero-order valence-electron chi connectivity index (χ0n) is 9.24. The molecule has 0 saturated carbocycles. The second-order valence-corrected chi connectivity index (χ2v) is 5.42. The minimum atomic E-state index is 0.709. The SMILES string of the molecule is Cc1ccc(CNc2ncc(Br)cc2Br)cn1. The van der Waals surface area contributed by atoms with Crippen molar-refractivity contribution in [3.63, 3.8) is 0 Å². The van der Waals surface area contributed by atoms with E-state index in [2.05, 4.69) is 53.2 Å². The molecule has 0 aromatic carbocycles. The molecule has 2 rings (SSSR count). The molecule has 0 bridgehead atoms. The van der Waals surface area contributed by atoms with E-state index in [9.17, 15) is 0 Å². The van der Waals surface area contributed by atoms with Crippen LogP contribution in [0.15, 0.2) is 39.5 Å². The number of hydrogen-bond acceptors (Lipinski definition) is 3. The van der Waals surface area contributed by atoms with Crippen molar-refractivity contribution in [2.45, 2.75) is 13.5 Å². The van der Waals surface area contributed by atoms with Crippen LogP contribution >= 0.6 is 31.9 Å². The first kappa shape index (κ1) is 12.5. The van der Waals surface area contributed by atoms with Gasteiger partial charge in [-0.25, -0.2) is 4.98 Å². The summed E-state index contributed by atoms with van der Waals surface area (Å²) in [7, 11) is 0. The van der Waals surface area contributed by atoms with Crippen molar-refractivity contribution >= 4 is 37.7 Å². The van der Waals surface area contributed by atoms with Crippen molar-refractivity contribution in [1.29, 1.82) is 0 Å². The Morgan fingerprint density at radius 3 is 2.65 bits per heavy atom. The van der Waals surface area contributed by atoms with E-state index in [4.69, 9.17) is 0 Å². The van der Waals surface area contributed by atoms with E-state index in [-0.39, 0.29) is 0 Å². The van der Waals surface area contributed by atoms with E-state index in [0.29, 0.717) is 6.54 Å². The van der Waals surface area contributed by atoms with Gasteiger partial charge >= 0.3 is 0 Å². The Hall–Kier alpha value is -0.940. The van der Waals surface area contributed by atoms with Gasteiger partial charge in [0.15, 0.2) is 0 Å². The van der Waals surface area contributed by atoms with Crippen molar-refractivity contribution in [1.82, 2.24) is 9.97 Å². The van der Waals surface area contributed by atoms with Crippen LogP contribution in [0.4, 0.5) is 5.82 Å². The molecule has 0 aliphatic rings. The molecule has 0 fully saturated rings. The van der Waals surface area contributed by atoms with Crippen molar-refractivity contribution in [3.8, 4) is 0 Å². The van der Waals surface area contributed by atoms with Crippen molar-refractivity contribution in [2.75, 3.05) is 5.32 Å². The summed E-state index contributed by atoms with van der Waals surface area (Å²) in [6.45, 7) is 2.69. The minimum absolute atomic E-state index is 0.709. The summed E-state index contributed by atoms with van der Waals surface area (Å²) in [6.07, 6.45) is 3.63. The molecule has 0 amide bonds. The number of aromatic nitrogens is 2. The number of nitrogens with zero attached hydrogens (tertiary/aromatic N) is 2. The number of nitrogens with one attached hydrogen (secondary N) is 1. The van der Waals surface area contributed by atoms with Crippen LogP contribution in [0.3, 0.4) is 0 Å². The Morgan fingerprint density at radius 1 is 1.18 bits per heavy atom. The summed E-state index contributed by atoms with van der Waals surface area (Å²) in [5, 5.41) is 3.26. The molecule has 2 aromatic rings. The van der Waals surface area contributed by atoms with Crippen LogP contribution in [0.2, 0.25) is 0 Å². The highest BCUT2D eigenvalue weighted by Crippen LogP contribution is 2.23. The summed E-state index contributed by atoms with van der Waals surface area (Å²) in [6, 6.07) is 6.02. The largest absolute Gasteiger partial charge is 0.365 e. The van der Waals surface area contributed by atoms with E-state index in [0.717, 1.165) is 26.0 Å². The van der Waals surface area contributed by atoms with E-state index in [1.54, 1.807) is 6.20 Å². The van der Waals surface area contributed by atoms with Gasteiger partial charge in [-0.1, -0.05) is 6.07 Å². The lowest BCUT2D eigenvalue weighted by atomic mass is 10.2. The predicted molar refractivity (Wildman–Crippen MR) is 75.9 cm³/mol. The zero-order valence-corrected chi connectivity index (χ0v) is 12.4. The van der Waals surface area contributed by atoms with Crippen LogP contribution in [0.5, 0.6) is 0 Å². The van der Waals surface area contributed by atoms with Crippen molar-refractivity contribution < 1.29 is 0 Å². The van der Waals surface area contributed by atoms with Gasteiger partial charge in [0.25, 0.3) is 0 Å². The van der Waals surface area contributed by atoms with Gasteiger partial charge in [-0.3, -0.25) is 4.98 Å². The Balaban J connectivity index is 2.04. The molecule has 2 aromatic heterocycles. The fourth-order valence-electron chi connectivity index (χ4n) is 1.33. The maximum atomic E-state index is 4.29. The second-order valence-electron chi connectivity index (χ2n) is 3.65. The number of anilines is 1. The third-order valence-electron chi connectivity index (χ3n) is 2.24. The molecule has 17 heavy (non-hydrogen) atoms. The normalized spacial score (nSPS) is 10.3. The van der Waals surface area contributed by atoms with Crippen molar-refractivity contribution in [2.24, 2.45) is 0 Å². The molecule has 0 atom stereocenters. The van der Waals surface area contributed by atoms with Gasteiger partial charge in [-0.15, -0.1) is 0 Å². The molecular formula is C12H11Br2N3. The fourth-order valence-corrected chi connectivity index (χ4v) is 2.46. The standard InChI is InChI=1S/C12H11Br2N3/c1-8-2-3-9(5-15-8)6-16-12-11(14)4-10(13)7-17-12/h2-5,7H,6H2,1H3,(H,16,17). The highest BCUT2D eigenvalue weighted by molar-refractivity contribution is 9.11. The minimum Gasteiger partial charge on any atom is -0.365 e. The molecule has 1 N–H and O–H groups in total. The Labute approximate surface area is 117 Å². The molecule has 0 aliphatic heterocycles. The van der Waals surface area contributed by atoms with E-state index in [1.165, 1.54) is 0 Å². The van der Waals surface area contributed by atoms with Crippen LogP contribution in [0.25, 0.3) is 0 Å².